The van der Waals surface area contributed by atoms with Gasteiger partial charge in [-0.3, -0.25) is 0 Å². The van der Waals surface area contributed by atoms with E-state index in [1.165, 1.54) is 25.9 Å². The maximum Gasteiger partial charge on any atom is 0.146 e. The van der Waals surface area contributed by atoms with E-state index in [0.29, 0.717) is 0 Å². The van der Waals surface area contributed by atoms with Crippen molar-refractivity contribution < 1.29 is 0 Å². The standard InChI is InChI=1S/C11H17BrN4/c1-15(6-7-16-4-2-3-5-16)11-10(12)8-13-9-14-11/h8-9H,2-7H2,1H3. The van der Waals surface area contributed by atoms with Crippen LogP contribution >= 0.6 is 15.9 Å². The van der Waals surface area contributed by atoms with Gasteiger partial charge in [0.05, 0.1) is 4.47 Å². The number of aromatic nitrogens is 2. The molecular weight excluding hydrogens is 268 g/mol. The van der Waals surface area contributed by atoms with Gasteiger partial charge in [-0.25, -0.2) is 9.97 Å². The second kappa shape index (κ2) is 5.59. The van der Waals surface area contributed by atoms with Crippen LogP contribution in [0.3, 0.4) is 0 Å². The smallest absolute Gasteiger partial charge is 0.146 e. The van der Waals surface area contributed by atoms with Gasteiger partial charge >= 0.3 is 0 Å². The van der Waals surface area contributed by atoms with Gasteiger partial charge < -0.3 is 9.80 Å². The van der Waals surface area contributed by atoms with Crippen LogP contribution in [0.2, 0.25) is 0 Å². The molecule has 0 aliphatic carbocycles. The van der Waals surface area contributed by atoms with Crippen molar-refractivity contribution in [2.45, 2.75) is 12.8 Å². The van der Waals surface area contributed by atoms with Crippen LogP contribution < -0.4 is 4.90 Å². The van der Waals surface area contributed by atoms with Crippen molar-refractivity contribution in [1.82, 2.24) is 14.9 Å². The van der Waals surface area contributed by atoms with Crippen molar-refractivity contribution in [2.75, 3.05) is 38.1 Å². The molecule has 0 bridgehead atoms. The molecule has 1 aliphatic heterocycles. The van der Waals surface area contributed by atoms with E-state index in [2.05, 4.69) is 42.7 Å². The van der Waals surface area contributed by atoms with E-state index in [-0.39, 0.29) is 0 Å². The minimum absolute atomic E-state index is 0.957. The molecule has 1 saturated heterocycles. The van der Waals surface area contributed by atoms with E-state index in [0.717, 1.165) is 23.4 Å². The van der Waals surface area contributed by atoms with Crippen molar-refractivity contribution >= 4 is 21.7 Å². The van der Waals surface area contributed by atoms with Crippen LogP contribution in [0.4, 0.5) is 5.82 Å². The lowest BCUT2D eigenvalue weighted by Crippen LogP contribution is -2.31. The zero-order chi connectivity index (χ0) is 11.4. The number of hydrogen-bond acceptors (Lipinski definition) is 4. The minimum atomic E-state index is 0.957. The number of rotatable bonds is 4. The Morgan fingerprint density at radius 3 is 2.88 bits per heavy atom. The van der Waals surface area contributed by atoms with Crippen molar-refractivity contribution in [3.8, 4) is 0 Å². The van der Waals surface area contributed by atoms with Crippen LogP contribution in [-0.2, 0) is 0 Å². The summed E-state index contributed by atoms with van der Waals surface area (Å²) in [7, 11) is 2.07. The topological polar surface area (TPSA) is 32.3 Å². The summed E-state index contributed by atoms with van der Waals surface area (Å²) in [4.78, 5) is 12.9. The molecule has 1 fully saturated rings. The highest BCUT2D eigenvalue weighted by molar-refractivity contribution is 9.10. The van der Waals surface area contributed by atoms with Crippen LogP contribution in [0.5, 0.6) is 0 Å². The Bertz CT molecular complexity index is 339. The molecule has 5 heteroatoms. The van der Waals surface area contributed by atoms with E-state index in [1.54, 1.807) is 12.5 Å². The molecule has 0 unspecified atom stereocenters. The third kappa shape index (κ3) is 2.92. The zero-order valence-electron chi connectivity index (χ0n) is 9.56. The van der Waals surface area contributed by atoms with E-state index >= 15 is 0 Å². The van der Waals surface area contributed by atoms with Gasteiger partial charge in [0.25, 0.3) is 0 Å². The average molecular weight is 285 g/mol. The van der Waals surface area contributed by atoms with Crippen molar-refractivity contribution in [2.24, 2.45) is 0 Å². The molecule has 0 N–H and O–H groups in total. The molecule has 0 spiro atoms. The quantitative estimate of drug-likeness (QED) is 0.844. The second-order valence-corrected chi connectivity index (χ2v) is 5.02. The molecule has 2 rings (SSSR count). The molecule has 0 aromatic carbocycles. The summed E-state index contributed by atoms with van der Waals surface area (Å²) in [5.41, 5.74) is 0. The first-order chi connectivity index (χ1) is 7.77. The molecule has 0 radical (unpaired) electrons. The van der Waals surface area contributed by atoms with Crippen LogP contribution in [0.1, 0.15) is 12.8 Å². The summed E-state index contributed by atoms with van der Waals surface area (Å²) < 4.78 is 0.957. The largest absolute Gasteiger partial charge is 0.357 e. The predicted octanol–water partition coefficient (Wildman–Crippen LogP) is 1.77. The number of anilines is 1. The van der Waals surface area contributed by atoms with E-state index < -0.39 is 0 Å². The number of halogens is 1. The van der Waals surface area contributed by atoms with Crippen LogP contribution in [-0.4, -0.2) is 48.1 Å². The molecule has 0 atom stereocenters. The number of likely N-dealkylation sites (N-methyl/N-ethyl adjacent to an activating group) is 1. The number of likely N-dealkylation sites (tertiary alicyclic amines) is 1. The third-order valence-corrected chi connectivity index (χ3v) is 3.52. The first-order valence-electron chi connectivity index (χ1n) is 5.66. The Balaban J connectivity index is 1.87. The fraction of sp³-hybridized carbons (Fsp3) is 0.636. The first kappa shape index (κ1) is 11.8. The molecule has 88 valence electrons. The molecule has 1 aromatic heterocycles. The SMILES string of the molecule is CN(CCN1CCCC1)c1ncncc1Br. The van der Waals surface area contributed by atoms with Gasteiger partial charge in [-0.15, -0.1) is 0 Å². The van der Waals surface area contributed by atoms with Crippen LogP contribution in [0, 0.1) is 0 Å². The van der Waals surface area contributed by atoms with Gasteiger partial charge in [0.1, 0.15) is 12.1 Å². The molecule has 0 saturated carbocycles. The number of nitrogens with zero attached hydrogens (tertiary/aromatic N) is 4. The fourth-order valence-corrected chi connectivity index (χ4v) is 2.51. The molecule has 16 heavy (non-hydrogen) atoms. The zero-order valence-corrected chi connectivity index (χ0v) is 11.2. The molecular formula is C11H17BrN4. The molecule has 2 heterocycles. The third-order valence-electron chi connectivity index (χ3n) is 2.96. The Morgan fingerprint density at radius 1 is 1.44 bits per heavy atom. The lowest BCUT2D eigenvalue weighted by molar-refractivity contribution is 0.346. The highest BCUT2D eigenvalue weighted by Crippen LogP contribution is 2.20. The van der Waals surface area contributed by atoms with Gasteiger partial charge in [-0.2, -0.15) is 0 Å². The lowest BCUT2D eigenvalue weighted by Gasteiger charge is -2.22. The van der Waals surface area contributed by atoms with Gasteiger partial charge in [0.15, 0.2) is 0 Å². The average Bonchev–Trinajstić information content (AvgIpc) is 2.79. The lowest BCUT2D eigenvalue weighted by atomic mass is 10.4. The van der Waals surface area contributed by atoms with Crippen LogP contribution in [0.25, 0.3) is 0 Å². The predicted molar refractivity (Wildman–Crippen MR) is 68.7 cm³/mol. The Hall–Kier alpha value is -0.680. The van der Waals surface area contributed by atoms with Gasteiger partial charge in [-0.05, 0) is 41.9 Å². The fourth-order valence-electron chi connectivity index (χ4n) is 1.99. The van der Waals surface area contributed by atoms with Gasteiger partial charge in [0.2, 0.25) is 0 Å². The Kier molecular flexibility index (Phi) is 4.12. The maximum atomic E-state index is 4.27. The van der Waals surface area contributed by atoms with Crippen molar-refractivity contribution in [1.29, 1.82) is 0 Å². The number of hydrogen-bond donors (Lipinski definition) is 0. The first-order valence-corrected chi connectivity index (χ1v) is 6.45. The van der Waals surface area contributed by atoms with E-state index in [9.17, 15) is 0 Å². The summed E-state index contributed by atoms with van der Waals surface area (Å²) in [5.74, 6) is 0.967. The highest BCUT2D eigenvalue weighted by atomic mass is 79.9. The van der Waals surface area contributed by atoms with Crippen molar-refractivity contribution in [3.05, 3.63) is 17.0 Å². The molecule has 4 nitrogen and oxygen atoms in total. The van der Waals surface area contributed by atoms with Gasteiger partial charge in [-0.1, -0.05) is 0 Å². The highest BCUT2D eigenvalue weighted by Gasteiger charge is 2.13. The molecule has 1 aromatic rings. The molecule has 0 amide bonds. The Labute approximate surface area is 105 Å². The summed E-state index contributed by atoms with van der Waals surface area (Å²) in [6.45, 7) is 4.63. The summed E-state index contributed by atoms with van der Waals surface area (Å²) in [5, 5.41) is 0. The van der Waals surface area contributed by atoms with E-state index in [4.69, 9.17) is 0 Å². The Morgan fingerprint density at radius 2 is 2.19 bits per heavy atom. The molecule has 1 aliphatic rings. The second-order valence-electron chi connectivity index (χ2n) is 4.16. The summed E-state index contributed by atoms with van der Waals surface area (Å²) in [6, 6.07) is 0. The monoisotopic (exact) mass is 284 g/mol. The van der Waals surface area contributed by atoms with E-state index in [1.807, 2.05) is 0 Å². The van der Waals surface area contributed by atoms with Crippen LogP contribution in [0.15, 0.2) is 17.0 Å². The normalized spacial score (nSPS) is 16.6. The van der Waals surface area contributed by atoms with Crippen molar-refractivity contribution in [3.63, 3.8) is 0 Å². The van der Waals surface area contributed by atoms with Gasteiger partial charge in [0, 0.05) is 26.3 Å². The maximum absolute atomic E-state index is 4.27. The summed E-state index contributed by atoms with van der Waals surface area (Å²) >= 11 is 3.47. The summed E-state index contributed by atoms with van der Waals surface area (Å²) in [6.07, 6.45) is 6.07. The minimum Gasteiger partial charge on any atom is -0.357 e.